The molecule has 3 heteroatoms. The average molecular weight is 238 g/mol. The molecule has 2 rings (SSSR count). The summed E-state index contributed by atoms with van der Waals surface area (Å²) in [7, 11) is 0. The van der Waals surface area contributed by atoms with Crippen molar-refractivity contribution < 1.29 is 9.84 Å². The summed E-state index contributed by atoms with van der Waals surface area (Å²) in [6.45, 7) is 3.45. The van der Waals surface area contributed by atoms with Gasteiger partial charge in [0.25, 0.3) is 0 Å². The summed E-state index contributed by atoms with van der Waals surface area (Å²) >= 11 is 1.82. The minimum Gasteiger partial charge on any atom is -0.385 e. The molecule has 0 atom stereocenters. The van der Waals surface area contributed by atoms with Gasteiger partial charge < -0.3 is 9.84 Å². The zero-order chi connectivity index (χ0) is 11.4. The van der Waals surface area contributed by atoms with E-state index in [0.717, 1.165) is 11.3 Å². The molecule has 1 heterocycles. The van der Waals surface area contributed by atoms with Crippen LogP contribution in [0.2, 0.25) is 0 Å². The fourth-order valence-corrected chi connectivity index (χ4v) is 2.69. The Morgan fingerprint density at radius 1 is 1.25 bits per heavy atom. The molecule has 2 nitrogen and oxygen atoms in total. The van der Waals surface area contributed by atoms with E-state index in [-0.39, 0.29) is 0 Å². The number of hydrogen-bond donors (Lipinski definition) is 1. The summed E-state index contributed by atoms with van der Waals surface area (Å²) in [5.74, 6) is 1.08. The topological polar surface area (TPSA) is 29.5 Å². The normalized spacial score (nSPS) is 19.6. The van der Waals surface area contributed by atoms with Gasteiger partial charge in [0, 0.05) is 31.0 Å². The van der Waals surface area contributed by atoms with Gasteiger partial charge in [0.2, 0.25) is 0 Å². The molecular formula is C13H18O2S. The molecule has 0 unspecified atom stereocenters. The Kier molecular flexibility index (Phi) is 3.90. The van der Waals surface area contributed by atoms with E-state index in [4.69, 9.17) is 4.74 Å². The van der Waals surface area contributed by atoms with Crippen molar-refractivity contribution in [2.45, 2.75) is 30.3 Å². The van der Waals surface area contributed by atoms with Crippen molar-refractivity contribution in [3.8, 4) is 0 Å². The van der Waals surface area contributed by atoms with Crippen molar-refractivity contribution in [2.24, 2.45) is 0 Å². The van der Waals surface area contributed by atoms with Crippen LogP contribution < -0.4 is 0 Å². The molecular weight excluding hydrogens is 220 g/mol. The second-order valence-electron chi connectivity index (χ2n) is 4.10. The van der Waals surface area contributed by atoms with Gasteiger partial charge in [-0.05, 0) is 23.4 Å². The highest BCUT2D eigenvalue weighted by molar-refractivity contribution is 7.99. The van der Waals surface area contributed by atoms with E-state index in [2.05, 4.69) is 19.1 Å². The number of benzene rings is 1. The lowest BCUT2D eigenvalue weighted by Crippen LogP contribution is -2.33. The molecule has 1 aromatic carbocycles. The van der Waals surface area contributed by atoms with Crippen molar-refractivity contribution in [3.63, 3.8) is 0 Å². The Morgan fingerprint density at radius 2 is 1.88 bits per heavy atom. The van der Waals surface area contributed by atoms with Gasteiger partial charge in [-0.1, -0.05) is 19.1 Å². The predicted octanol–water partition coefficient (Wildman–Crippen LogP) is 2.80. The Morgan fingerprint density at radius 3 is 2.44 bits per heavy atom. The predicted molar refractivity (Wildman–Crippen MR) is 66.8 cm³/mol. The van der Waals surface area contributed by atoms with Gasteiger partial charge in [0.1, 0.15) is 0 Å². The summed E-state index contributed by atoms with van der Waals surface area (Å²) in [6.07, 6.45) is 1.40. The maximum Gasteiger partial charge on any atom is 0.0940 e. The first kappa shape index (κ1) is 12.0. The van der Waals surface area contributed by atoms with E-state index in [1.807, 2.05) is 23.9 Å². The zero-order valence-electron chi connectivity index (χ0n) is 9.61. The molecule has 0 aliphatic carbocycles. The molecule has 0 bridgehead atoms. The quantitative estimate of drug-likeness (QED) is 0.821. The summed E-state index contributed by atoms with van der Waals surface area (Å²) in [4.78, 5) is 1.27. The summed E-state index contributed by atoms with van der Waals surface area (Å²) in [6, 6.07) is 8.28. The van der Waals surface area contributed by atoms with Crippen LogP contribution in [-0.4, -0.2) is 24.1 Å². The number of thioether (sulfide) groups is 1. The van der Waals surface area contributed by atoms with Crippen LogP contribution in [0.4, 0.5) is 0 Å². The van der Waals surface area contributed by atoms with Crippen molar-refractivity contribution >= 4 is 11.8 Å². The van der Waals surface area contributed by atoms with E-state index in [9.17, 15) is 5.11 Å². The lowest BCUT2D eigenvalue weighted by atomic mass is 9.87. The van der Waals surface area contributed by atoms with Crippen LogP contribution >= 0.6 is 11.8 Å². The first-order valence-electron chi connectivity index (χ1n) is 5.78. The Balaban J connectivity index is 2.13. The van der Waals surface area contributed by atoms with Gasteiger partial charge in [-0.25, -0.2) is 0 Å². The van der Waals surface area contributed by atoms with Crippen LogP contribution in [0.25, 0.3) is 0 Å². The third kappa shape index (κ3) is 2.59. The largest absolute Gasteiger partial charge is 0.385 e. The average Bonchev–Trinajstić information content (AvgIpc) is 2.31. The van der Waals surface area contributed by atoms with Crippen LogP contribution in [-0.2, 0) is 10.3 Å². The molecule has 88 valence electrons. The molecule has 0 radical (unpaired) electrons. The van der Waals surface area contributed by atoms with Gasteiger partial charge in [0.15, 0.2) is 0 Å². The lowest BCUT2D eigenvalue weighted by molar-refractivity contribution is -0.0679. The fourth-order valence-electron chi connectivity index (χ4n) is 2.03. The molecule has 0 aromatic heterocycles. The van der Waals surface area contributed by atoms with Crippen molar-refractivity contribution in [2.75, 3.05) is 19.0 Å². The SMILES string of the molecule is CCSc1ccc(C2(O)CCOCC2)cc1. The molecule has 1 fully saturated rings. The molecule has 16 heavy (non-hydrogen) atoms. The van der Waals surface area contributed by atoms with Crippen molar-refractivity contribution in [3.05, 3.63) is 29.8 Å². The lowest BCUT2D eigenvalue weighted by Gasteiger charge is -2.32. The molecule has 1 aliphatic heterocycles. The van der Waals surface area contributed by atoms with E-state index >= 15 is 0 Å². The van der Waals surface area contributed by atoms with Crippen LogP contribution in [0.3, 0.4) is 0 Å². The van der Waals surface area contributed by atoms with Crippen LogP contribution in [0, 0.1) is 0 Å². The van der Waals surface area contributed by atoms with E-state index < -0.39 is 5.60 Å². The smallest absolute Gasteiger partial charge is 0.0940 e. The second-order valence-corrected chi connectivity index (χ2v) is 5.44. The Hall–Kier alpha value is -0.510. The third-order valence-electron chi connectivity index (χ3n) is 3.02. The van der Waals surface area contributed by atoms with Gasteiger partial charge in [0.05, 0.1) is 5.60 Å². The first-order chi connectivity index (χ1) is 7.74. The maximum atomic E-state index is 10.5. The highest BCUT2D eigenvalue weighted by Gasteiger charge is 2.31. The molecule has 1 saturated heterocycles. The highest BCUT2D eigenvalue weighted by atomic mass is 32.2. The molecule has 0 spiro atoms. The summed E-state index contributed by atoms with van der Waals surface area (Å²) in [5.41, 5.74) is 0.351. The Bertz CT molecular complexity index is 328. The number of rotatable bonds is 3. The van der Waals surface area contributed by atoms with Crippen molar-refractivity contribution in [1.82, 2.24) is 0 Å². The van der Waals surface area contributed by atoms with Crippen LogP contribution in [0.15, 0.2) is 29.2 Å². The van der Waals surface area contributed by atoms with Gasteiger partial charge in [-0.3, -0.25) is 0 Å². The van der Waals surface area contributed by atoms with E-state index in [1.165, 1.54) is 4.90 Å². The second kappa shape index (κ2) is 5.21. The minimum atomic E-state index is -0.673. The minimum absolute atomic E-state index is 0.655. The van der Waals surface area contributed by atoms with E-state index in [1.54, 1.807) is 0 Å². The van der Waals surface area contributed by atoms with Gasteiger partial charge in [-0.15, -0.1) is 11.8 Å². The number of ether oxygens (including phenoxy) is 1. The van der Waals surface area contributed by atoms with Gasteiger partial charge in [-0.2, -0.15) is 0 Å². The third-order valence-corrected chi connectivity index (χ3v) is 3.92. The maximum absolute atomic E-state index is 10.5. The fraction of sp³-hybridized carbons (Fsp3) is 0.538. The zero-order valence-corrected chi connectivity index (χ0v) is 10.4. The highest BCUT2D eigenvalue weighted by Crippen LogP contribution is 2.32. The Labute approximate surface area is 101 Å². The molecule has 1 aliphatic rings. The van der Waals surface area contributed by atoms with Gasteiger partial charge >= 0.3 is 0 Å². The van der Waals surface area contributed by atoms with Crippen LogP contribution in [0.1, 0.15) is 25.3 Å². The summed E-state index contributed by atoms with van der Waals surface area (Å²) in [5, 5.41) is 10.5. The van der Waals surface area contributed by atoms with Crippen LogP contribution in [0.5, 0.6) is 0 Å². The molecule has 1 N–H and O–H groups in total. The monoisotopic (exact) mass is 238 g/mol. The standard InChI is InChI=1S/C13H18O2S/c1-2-16-12-5-3-11(4-6-12)13(14)7-9-15-10-8-13/h3-6,14H,2,7-10H2,1H3. The molecule has 1 aromatic rings. The summed E-state index contributed by atoms with van der Waals surface area (Å²) < 4.78 is 5.28. The number of hydrogen-bond acceptors (Lipinski definition) is 3. The molecule has 0 saturated carbocycles. The first-order valence-corrected chi connectivity index (χ1v) is 6.76. The van der Waals surface area contributed by atoms with Crippen molar-refractivity contribution in [1.29, 1.82) is 0 Å². The van der Waals surface area contributed by atoms with E-state index in [0.29, 0.717) is 26.1 Å². The molecule has 0 amide bonds. The number of aliphatic hydroxyl groups is 1.